The van der Waals surface area contributed by atoms with Crippen molar-refractivity contribution in [3.8, 4) is 11.6 Å². The van der Waals surface area contributed by atoms with Crippen LogP contribution in [0.3, 0.4) is 0 Å². The van der Waals surface area contributed by atoms with Gasteiger partial charge in [-0.25, -0.2) is 14.6 Å². The number of hydrogen-bond donors (Lipinski definition) is 0. The second kappa shape index (κ2) is 4.81. The molecule has 100 valence electrons. The minimum absolute atomic E-state index is 0.119. The first kappa shape index (κ1) is 12.4. The third kappa shape index (κ3) is 2.87. The molecule has 2 aromatic heterocycles. The maximum Gasteiger partial charge on any atom is 0.158 e. The fraction of sp³-hybridized carbons (Fsp3) is 0.462. The van der Waals surface area contributed by atoms with Gasteiger partial charge in [-0.3, -0.25) is 0 Å². The molecule has 0 atom stereocenters. The van der Waals surface area contributed by atoms with Crippen LogP contribution in [0.15, 0.2) is 18.5 Å². The zero-order valence-corrected chi connectivity index (χ0v) is 11.6. The van der Waals surface area contributed by atoms with E-state index in [9.17, 15) is 0 Å². The first-order chi connectivity index (χ1) is 9.11. The molecule has 1 fully saturated rings. The van der Waals surface area contributed by atoms with Gasteiger partial charge < -0.3 is 4.74 Å². The van der Waals surface area contributed by atoms with Crippen LogP contribution in [0.5, 0.6) is 5.75 Å². The molecule has 3 rings (SSSR count). The third-order valence-corrected chi connectivity index (χ3v) is 3.00. The zero-order valence-electron chi connectivity index (χ0n) is 10.9. The van der Waals surface area contributed by atoms with Crippen molar-refractivity contribution >= 4 is 11.6 Å². The van der Waals surface area contributed by atoms with Crippen molar-refractivity contribution in [1.82, 2.24) is 19.7 Å². The van der Waals surface area contributed by atoms with E-state index in [-0.39, 0.29) is 6.10 Å². The van der Waals surface area contributed by atoms with E-state index in [1.165, 1.54) is 0 Å². The molecule has 1 aliphatic rings. The summed E-state index contributed by atoms with van der Waals surface area (Å²) in [5, 5.41) is 4.70. The van der Waals surface area contributed by atoms with Gasteiger partial charge in [0, 0.05) is 12.0 Å². The highest BCUT2D eigenvalue weighted by Crippen LogP contribution is 2.38. The minimum Gasteiger partial charge on any atom is -0.488 e. The monoisotopic (exact) mass is 278 g/mol. The molecule has 19 heavy (non-hydrogen) atoms. The number of hydrogen-bond acceptors (Lipinski definition) is 4. The highest BCUT2D eigenvalue weighted by molar-refractivity contribution is 6.29. The molecule has 0 unspecified atom stereocenters. The highest BCUT2D eigenvalue weighted by Gasteiger charge is 2.27. The van der Waals surface area contributed by atoms with E-state index in [1.807, 2.05) is 13.8 Å². The molecule has 0 N–H and O–H groups in total. The molecule has 1 aliphatic carbocycles. The second-order valence-electron chi connectivity index (χ2n) is 4.97. The quantitative estimate of drug-likeness (QED) is 0.807. The molecule has 0 spiro atoms. The number of ether oxygens (including phenoxy) is 1. The van der Waals surface area contributed by atoms with Crippen molar-refractivity contribution in [2.45, 2.75) is 38.7 Å². The van der Waals surface area contributed by atoms with E-state index in [0.29, 0.717) is 16.9 Å². The van der Waals surface area contributed by atoms with E-state index < -0.39 is 0 Å². The Morgan fingerprint density at radius 2 is 2.16 bits per heavy atom. The Morgan fingerprint density at radius 3 is 2.84 bits per heavy atom. The van der Waals surface area contributed by atoms with Crippen molar-refractivity contribution in [3.63, 3.8) is 0 Å². The molecule has 5 nitrogen and oxygen atoms in total. The van der Waals surface area contributed by atoms with Gasteiger partial charge in [0.2, 0.25) is 0 Å². The molecule has 6 heteroatoms. The van der Waals surface area contributed by atoms with Crippen molar-refractivity contribution in [2.24, 2.45) is 0 Å². The summed E-state index contributed by atoms with van der Waals surface area (Å²) in [4.78, 5) is 8.77. The van der Waals surface area contributed by atoms with Gasteiger partial charge in [-0.1, -0.05) is 11.6 Å². The molecule has 0 amide bonds. The summed E-state index contributed by atoms with van der Waals surface area (Å²) in [7, 11) is 0. The Morgan fingerprint density at radius 1 is 1.37 bits per heavy atom. The third-order valence-electron chi connectivity index (χ3n) is 2.81. The summed E-state index contributed by atoms with van der Waals surface area (Å²) in [5.74, 6) is 2.67. The van der Waals surface area contributed by atoms with Crippen LogP contribution in [0.4, 0.5) is 0 Å². The maximum atomic E-state index is 6.04. The van der Waals surface area contributed by atoms with Gasteiger partial charge in [0.05, 0.1) is 18.5 Å². The molecule has 2 aromatic rings. The minimum atomic E-state index is 0.119. The lowest BCUT2D eigenvalue weighted by molar-refractivity contribution is 0.242. The topological polar surface area (TPSA) is 52.8 Å². The van der Waals surface area contributed by atoms with Crippen molar-refractivity contribution in [1.29, 1.82) is 0 Å². The summed E-state index contributed by atoms with van der Waals surface area (Å²) < 4.78 is 7.24. The van der Waals surface area contributed by atoms with Crippen LogP contribution in [-0.4, -0.2) is 25.9 Å². The molecule has 0 radical (unpaired) electrons. The fourth-order valence-electron chi connectivity index (χ4n) is 1.83. The molecule has 2 heterocycles. The largest absolute Gasteiger partial charge is 0.488 e. The predicted molar refractivity (Wildman–Crippen MR) is 71.9 cm³/mol. The Kier molecular flexibility index (Phi) is 3.14. The van der Waals surface area contributed by atoms with Crippen LogP contribution in [0.1, 0.15) is 38.4 Å². The number of rotatable bonds is 4. The van der Waals surface area contributed by atoms with Crippen LogP contribution in [0.25, 0.3) is 5.82 Å². The lowest BCUT2D eigenvalue weighted by atomic mass is 10.4. The van der Waals surface area contributed by atoms with Gasteiger partial charge in [0.25, 0.3) is 0 Å². The Labute approximate surface area is 116 Å². The predicted octanol–water partition coefficient (Wildman–Crippen LogP) is 2.98. The van der Waals surface area contributed by atoms with E-state index >= 15 is 0 Å². The summed E-state index contributed by atoms with van der Waals surface area (Å²) in [5.41, 5.74) is 0. The average molecular weight is 279 g/mol. The molecule has 1 saturated carbocycles. The molecular weight excluding hydrogens is 264 g/mol. The second-order valence-corrected chi connectivity index (χ2v) is 5.36. The number of aromatic nitrogens is 4. The van der Waals surface area contributed by atoms with Crippen LogP contribution in [0, 0.1) is 0 Å². The van der Waals surface area contributed by atoms with Crippen molar-refractivity contribution in [2.75, 3.05) is 0 Å². The Hall–Kier alpha value is -1.62. The highest BCUT2D eigenvalue weighted by atomic mass is 35.5. The first-order valence-electron chi connectivity index (χ1n) is 6.38. The van der Waals surface area contributed by atoms with Crippen LogP contribution in [-0.2, 0) is 0 Å². The van der Waals surface area contributed by atoms with Gasteiger partial charge in [-0.15, -0.1) is 0 Å². The summed E-state index contributed by atoms with van der Waals surface area (Å²) in [6.07, 6.45) is 5.87. The Balaban J connectivity index is 1.90. The standard InChI is InChI=1S/C13H15ClN4O/c1-8(2)19-10-6-15-18(7-10)12-5-11(14)16-13(17-12)9-3-4-9/h5-9H,3-4H2,1-2H3. The van der Waals surface area contributed by atoms with Gasteiger partial charge in [0.15, 0.2) is 11.6 Å². The smallest absolute Gasteiger partial charge is 0.158 e. The van der Waals surface area contributed by atoms with Crippen LogP contribution in [0.2, 0.25) is 5.15 Å². The van der Waals surface area contributed by atoms with E-state index in [1.54, 1.807) is 23.1 Å². The average Bonchev–Trinajstić information content (AvgIpc) is 3.09. The lowest BCUT2D eigenvalue weighted by Gasteiger charge is -2.06. The SMILES string of the molecule is CC(C)Oc1cnn(-c2cc(Cl)nc(C3CC3)n2)c1. The molecule has 0 aliphatic heterocycles. The molecule has 0 saturated heterocycles. The summed E-state index contributed by atoms with van der Waals surface area (Å²) in [6.45, 7) is 3.95. The van der Waals surface area contributed by atoms with E-state index in [0.717, 1.165) is 24.4 Å². The molecule has 0 aromatic carbocycles. The van der Waals surface area contributed by atoms with Gasteiger partial charge in [0.1, 0.15) is 11.0 Å². The molecule has 0 bridgehead atoms. The van der Waals surface area contributed by atoms with E-state index in [2.05, 4.69) is 15.1 Å². The fourth-order valence-corrected chi connectivity index (χ4v) is 2.01. The number of halogens is 1. The Bertz CT molecular complexity index is 592. The van der Waals surface area contributed by atoms with Crippen molar-refractivity contribution in [3.05, 3.63) is 29.4 Å². The molecular formula is C13H15ClN4O. The first-order valence-corrected chi connectivity index (χ1v) is 6.76. The van der Waals surface area contributed by atoms with Crippen LogP contribution >= 0.6 is 11.6 Å². The van der Waals surface area contributed by atoms with Gasteiger partial charge >= 0.3 is 0 Å². The summed E-state index contributed by atoms with van der Waals surface area (Å²) >= 11 is 6.04. The van der Waals surface area contributed by atoms with Crippen molar-refractivity contribution < 1.29 is 4.74 Å². The number of nitrogens with zero attached hydrogens (tertiary/aromatic N) is 4. The maximum absolute atomic E-state index is 6.04. The zero-order chi connectivity index (χ0) is 13.4. The summed E-state index contributed by atoms with van der Waals surface area (Å²) in [6, 6.07) is 1.71. The van der Waals surface area contributed by atoms with E-state index in [4.69, 9.17) is 16.3 Å². The normalized spacial score (nSPS) is 14.9. The van der Waals surface area contributed by atoms with Gasteiger partial charge in [-0.05, 0) is 26.7 Å². The van der Waals surface area contributed by atoms with Gasteiger partial charge in [-0.2, -0.15) is 5.10 Å². The van der Waals surface area contributed by atoms with Crippen LogP contribution < -0.4 is 4.74 Å². The lowest BCUT2D eigenvalue weighted by Crippen LogP contribution is -2.05.